The second kappa shape index (κ2) is 10.3. The van der Waals surface area contributed by atoms with Gasteiger partial charge >= 0.3 is 0 Å². The Labute approximate surface area is 184 Å². The van der Waals surface area contributed by atoms with Gasteiger partial charge in [0.25, 0.3) is 0 Å². The van der Waals surface area contributed by atoms with E-state index in [0.29, 0.717) is 17.2 Å². The minimum Gasteiger partial charge on any atom is -0.326 e. The summed E-state index contributed by atoms with van der Waals surface area (Å²) >= 11 is 0. The fourth-order valence-electron chi connectivity index (χ4n) is 4.08. The summed E-state index contributed by atoms with van der Waals surface area (Å²) in [6.45, 7) is 14.5. The lowest BCUT2D eigenvalue weighted by atomic mass is 9.88. The molecule has 5 heteroatoms. The van der Waals surface area contributed by atoms with Crippen LogP contribution in [0.4, 0.5) is 0 Å². The molecular weight excluding hydrogens is 392 g/mol. The van der Waals surface area contributed by atoms with E-state index in [9.17, 15) is 8.42 Å². The van der Waals surface area contributed by atoms with E-state index >= 15 is 0 Å². The molecule has 0 saturated carbocycles. The van der Waals surface area contributed by atoms with Crippen LogP contribution in [0.25, 0.3) is 0 Å². The van der Waals surface area contributed by atoms with Gasteiger partial charge in [-0.3, -0.25) is 0 Å². The van der Waals surface area contributed by atoms with Crippen LogP contribution in [0, 0.1) is 5.92 Å². The maximum absolute atomic E-state index is 13.7. The van der Waals surface area contributed by atoms with Crippen LogP contribution in [0.3, 0.4) is 0 Å². The van der Waals surface area contributed by atoms with Crippen molar-refractivity contribution in [1.82, 2.24) is 4.72 Å². The van der Waals surface area contributed by atoms with E-state index in [-0.39, 0.29) is 29.8 Å². The topological polar surface area (TPSA) is 72.2 Å². The van der Waals surface area contributed by atoms with E-state index in [1.54, 1.807) is 0 Å². The highest BCUT2D eigenvalue weighted by atomic mass is 32.2. The van der Waals surface area contributed by atoms with E-state index in [1.807, 2.05) is 19.1 Å². The van der Waals surface area contributed by atoms with Gasteiger partial charge in [0.15, 0.2) is 0 Å². The molecule has 0 amide bonds. The molecule has 1 aromatic carbocycles. The van der Waals surface area contributed by atoms with Crippen molar-refractivity contribution >= 4 is 10.0 Å². The normalized spacial score (nSPS) is 19.1. The molecule has 0 bridgehead atoms. The number of allylic oxidation sites excluding steroid dienone is 3. The highest BCUT2D eigenvalue weighted by molar-refractivity contribution is 7.89. The van der Waals surface area contributed by atoms with E-state index in [1.165, 1.54) is 5.56 Å². The summed E-state index contributed by atoms with van der Waals surface area (Å²) in [6.07, 6.45) is 9.66. The molecule has 0 fully saturated rings. The van der Waals surface area contributed by atoms with Crippen molar-refractivity contribution in [1.29, 1.82) is 0 Å². The third kappa shape index (κ3) is 5.63. The van der Waals surface area contributed by atoms with Gasteiger partial charge in [0.2, 0.25) is 10.0 Å². The summed E-state index contributed by atoms with van der Waals surface area (Å²) in [6, 6.07) is 3.56. The molecule has 0 saturated heterocycles. The van der Waals surface area contributed by atoms with Gasteiger partial charge in [-0.05, 0) is 53.2 Å². The molecule has 0 radical (unpaired) electrons. The number of nitrogens with one attached hydrogen (secondary N) is 1. The average Bonchev–Trinajstić information content (AvgIpc) is 2.70. The zero-order valence-corrected chi connectivity index (χ0v) is 20.5. The maximum atomic E-state index is 13.7. The standard InChI is InChI=1S/C25H40N2O2S/c1-8-23(24(26)19-12-10-9-11-13-19)27-30(28,29)25-21(17(4)5)14-20(16(2)3)15-22(25)18(6)7/h9-12,14-19,23-24,27H,8,13,26H2,1-7H3/t19?,23-,24+/m1/s1. The Morgan fingerprint density at radius 2 is 1.57 bits per heavy atom. The molecule has 1 aliphatic rings. The quantitative estimate of drug-likeness (QED) is 0.535. The van der Waals surface area contributed by atoms with Gasteiger partial charge in [-0.1, -0.05) is 84.9 Å². The van der Waals surface area contributed by atoms with Gasteiger partial charge in [-0.25, -0.2) is 13.1 Å². The Morgan fingerprint density at radius 3 is 1.97 bits per heavy atom. The Bertz CT molecular complexity index is 853. The van der Waals surface area contributed by atoms with Crippen molar-refractivity contribution in [2.45, 2.75) is 96.0 Å². The lowest BCUT2D eigenvalue weighted by Gasteiger charge is -2.31. The van der Waals surface area contributed by atoms with Gasteiger partial charge in [-0.15, -0.1) is 0 Å². The zero-order valence-electron chi connectivity index (χ0n) is 19.6. The second-order valence-corrected chi connectivity index (χ2v) is 11.1. The first kappa shape index (κ1) is 24.8. The van der Waals surface area contributed by atoms with Crippen LogP contribution in [0.1, 0.15) is 95.8 Å². The maximum Gasteiger partial charge on any atom is 0.241 e. The van der Waals surface area contributed by atoms with Gasteiger partial charge < -0.3 is 5.73 Å². The summed E-state index contributed by atoms with van der Waals surface area (Å²) in [7, 11) is -3.72. The number of rotatable bonds is 9. The molecule has 3 N–H and O–H groups in total. The summed E-state index contributed by atoms with van der Waals surface area (Å²) < 4.78 is 30.4. The van der Waals surface area contributed by atoms with Gasteiger partial charge in [0.1, 0.15) is 0 Å². The summed E-state index contributed by atoms with van der Waals surface area (Å²) in [5.74, 6) is 0.689. The molecule has 0 spiro atoms. The van der Waals surface area contributed by atoms with Crippen molar-refractivity contribution in [3.63, 3.8) is 0 Å². The molecule has 1 unspecified atom stereocenters. The number of benzene rings is 1. The SMILES string of the molecule is CC[C@@H](NS(=O)(=O)c1c(C(C)C)cc(C(C)C)cc1C(C)C)[C@@H](N)C1C=CC=CC1. The molecule has 0 aliphatic heterocycles. The Balaban J connectivity index is 2.51. The largest absolute Gasteiger partial charge is 0.326 e. The van der Waals surface area contributed by atoms with Crippen LogP contribution >= 0.6 is 0 Å². The number of hydrogen-bond acceptors (Lipinski definition) is 3. The summed E-state index contributed by atoms with van der Waals surface area (Å²) in [4.78, 5) is 0.446. The van der Waals surface area contributed by atoms with Crippen LogP contribution in [0.2, 0.25) is 0 Å². The fourth-order valence-corrected chi connectivity index (χ4v) is 6.13. The van der Waals surface area contributed by atoms with Crippen molar-refractivity contribution in [3.8, 4) is 0 Å². The fraction of sp³-hybridized carbons (Fsp3) is 0.600. The summed E-state index contributed by atoms with van der Waals surface area (Å²) in [5, 5.41) is 0. The molecular formula is C25H40N2O2S. The minimum atomic E-state index is -3.72. The van der Waals surface area contributed by atoms with Crippen molar-refractivity contribution in [2.24, 2.45) is 11.7 Å². The van der Waals surface area contributed by atoms with Gasteiger partial charge in [0.05, 0.1) is 4.90 Å². The Kier molecular flexibility index (Phi) is 8.49. The molecule has 0 heterocycles. The predicted octanol–water partition coefficient (Wildman–Crippen LogP) is 5.57. The molecule has 168 valence electrons. The lowest BCUT2D eigenvalue weighted by molar-refractivity contribution is 0.389. The van der Waals surface area contributed by atoms with E-state index in [4.69, 9.17) is 5.73 Å². The minimum absolute atomic E-state index is 0.105. The first-order valence-corrected chi connectivity index (χ1v) is 12.8. The zero-order chi connectivity index (χ0) is 22.6. The average molecular weight is 433 g/mol. The monoisotopic (exact) mass is 432 g/mol. The second-order valence-electron chi connectivity index (χ2n) is 9.42. The van der Waals surface area contributed by atoms with Crippen LogP contribution in [0.5, 0.6) is 0 Å². The molecule has 0 aromatic heterocycles. The van der Waals surface area contributed by atoms with Gasteiger partial charge in [0, 0.05) is 12.1 Å². The smallest absolute Gasteiger partial charge is 0.241 e. The highest BCUT2D eigenvalue weighted by Gasteiger charge is 2.32. The number of nitrogens with two attached hydrogens (primary N) is 1. The van der Waals surface area contributed by atoms with Crippen LogP contribution in [-0.4, -0.2) is 20.5 Å². The lowest BCUT2D eigenvalue weighted by Crippen LogP contribution is -2.50. The Hall–Kier alpha value is -1.43. The molecule has 30 heavy (non-hydrogen) atoms. The summed E-state index contributed by atoms with van der Waals surface area (Å²) in [5.41, 5.74) is 9.50. The molecule has 1 aliphatic carbocycles. The van der Waals surface area contributed by atoms with Crippen LogP contribution in [0.15, 0.2) is 41.3 Å². The van der Waals surface area contributed by atoms with Crippen molar-refractivity contribution < 1.29 is 8.42 Å². The number of sulfonamides is 1. The predicted molar refractivity (Wildman–Crippen MR) is 127 cm³/mol. The van der Waals surface area contributed by atoms with E-state index in [0.717, 1.165) is 17.5 Å². The highest BCUT2D eigenvalue weighted by Crippen LogP contribution is 2.35. The molecule has 2 rings (SSSR count). The first-order chi connectivity index (χ1) is 14.0. The first-order valence-electron chi connectivity index (χ1n) is 11.3. The van der Waals surface area contributed by atoms with Gasteiger partial charge in [-0.2, -0.15) is 0 Å². The number of hydrogen-bond donors (Lipinski definition) is 2. The molecule has 3 atom stereocenters. The van der Waals surface area contributed by atoms with Crippen molar-refractivity contribution in [3.05, 3.63) is 53.1 Å². The van der Waals surface area contributed by atoms with E-state index in [2.05, 4.69) is 70.5 Å². The molecule has 1 aromatic rings. The third-order valence-electron chi connectivity index (χ3n) is 6.07. The molecule has 4 nitrogen and oxygen atoms in total. The van der Waals surface area contributed by atoms with Crippen LogP contribution in [-0.2, 0) is 10.0 Å². The Morgan fingerprint density at radius 1 is 1.00 bits per heavy atom. The van der Waals surface area contributed by atoms with E-state index < -0.39 is 10.0 Å². The van der Waals surface area contributed by atoms with Crippen molar-refractivity contribution in [2.75, 3.05) is 0 Å². The third-order valence-corrected chi connectivity index (χ3v) is 7.69. The van der Waals surface area contributed by atoms with Crippen LogP contribution < -0.4 is 10.5 Å².